The van der Waals surface area contributed by atoms with Gasteiger partial charge in [-0.25, -0.2) is 9.37 Å². The summed E-state index contributed by atoms with van der Waals surface area (Å²) in [6.07, 6.45) is 1.51. The molecule has 0 fully saturated rings. The van der Waals surface area contributed by atoms with Crippen LogP contribution in [0.3, 0.4) is 0 Å². The molecule has 0 aliphatic heterocycles. The normalized spacial score (nSPS) is 11.5. The third-order valence-corrected chi connectivity index (χ3v) is 6.37. The minimum absolute atomic E-state index is 0.185. The molecule has 0 unspecified atom stereocenters. The van der Waals surface area contributed by atoms with Gasteiger partial charge in [0.2, 0.25) is 0 Å². The van der Waals surface area contributed by atoms with E-state index in [-0.39, 0.29) is 11.4 Å². The largest absolute Gasteiger partial charge is 0.330 e. The molecule has 0 saturated carbocycles. The number of halogens is 2. The first-order valence-corrected chi connectivity index (χ1v) is 10.8. The van der Waals surface area contributed by atoms with Crippen molar-refractivity contribution in [1.82, 2.24) is 14.1 Å². The molecular weight excluding hydrogens is 425 g/mol. The maximum atomic E-state index is 14.1. The zero-order valence-corrected chi connectivity index (χ0v) is 18.5. The van der Waals surface area contributed by atoms with Crippen LogP contribution in [0.15, 0.2) is 71.8 Å². The number of aryl methyl sites for hydroxylation is 2. The maximum Gasteiger partial charge on any atom is 0.278 e. The van der Waals surface area contributed by atoms with Crippen LogP contribution in [-0.2, 0) is 13.1 Å². The van der Waals surface area contributed by atoms with Gasteiger partial charge in [-0.2, -0.15) is 0 Å². The highest BCUT2D eigenvalue weighted by molar-refractivity contribution is 6.31. The molecule has 0 amide bonds. The lowest BCUT2D eigenvalue weighted by atomic mass is 10.1. The van der Waals surface area contributed by atoms with Crippen molar-refractivity contribution in [1.29, 1.82) is 0 Å². The Labute approximate surface area is 189 Å². The molecule has 2 aromatic heterocycles. The van der Waals surface area contributed by atoms with E-state index in [4.69, 9.17) is 11.6 Å². The van der Waals surface area contributed by atoms with Crippen LogP contribution < -0.4 is 5.56 Å². The van der Waals surface area contributed by atoms with E-state index in [0.29, 0.717) is 34.5 Å². The maximum absolute atomic E-state index is 14.1. The standard InChI is InChI=1S/C26H21ClFN3O/c1-16-7-8-18(11-17(16)2)13-31-23-10-9-20(28)12-21(23)24-25(31)26(32)30(15-29-24)14-19-5-3-4-6-22(19)27/h3-12,15H,13-14H2,1-2H3. The van der Waals surface area contributed by atoms with Crippen molar-refractivity contribution in [3.8, 4) is 0 Å². The van der Waals surface area contributed by atoms with Crippen molar-refractivity contribution in [3.63, 3.8) is 0 Å². The third-order valence-electron chi connectivity index (χ3n) is 6.00. The molecular formula is C26H21ClFN3O. The lowest BCUT2D eigenvalue weighted by Gasteiger charge is -2.11. The molecule has 3 aromatic carbocycles. The summed E-state index contributed by atoms with van der Waals surface area (Å²) >= 11 is 6.31. The Balaban J connectivity index is 1.73. The van der Waals surface area contributed by atoms with Gasteiger partial charge in [0.15, 0.2) is 0 Å². The highest BCUT2D eigenvalue weighted by Gasteiger charge is 2.18. The smallest absolute Gasteiger partial charge is 0.278 e. The molecule has 0 atom stereocenters. The monoisotopic (exact) mass is 445 g/mol. The molecule has 0 radical (unpaired) electrons. The zero-order chi connectivity index (χ0) is 22.4. The molecule has 0 bridgehead atoms. The van der Waals surface area contributed by atoms with Crippen LogP contribution in [0.25, 0.3) is 21.9 Å². The number of benzene rings is 3. The van der Waals surface area contributed by atoms with Gasteiger partial charge in [-0.05, 0) is 60.4 Å². The molecule has 32 heavy (non-hydrogen) atoms. The van der Waals surface area contributed by atoms with Crippen LogP contribution >= 0.6 is 11.6 Å². The van der Waals surface area contributed by atoms with Gasteiger partial charge in [-0.3, -0.25) is 9.36 Å². The average molecular weight is 446 g/mol. The predicted octanol–water partition coefficient (Wildman–Crippen LogP) is 5.86. The van der Waals surface area contributed by atoms with Gasteiger partial charge >= 0.3 is 0 Å². The number of fused-ring (bicyclic) bond motifs is 3. The van der Waals surface area contributed by atoms with Gasteiger partial charge in [-0.15, -0.1) is 0 Å². The Morgan fingerprint density at radius 2 is 1.78 bits per heavy atom. The topological polar surface area (TPSA) is 39.8 Å². The van der Waals surface area contributed by atoms with Crippen LogP contribution in [0, 0.1) is 19.7 Å². The Hall–Kier alpha value is -3.44. The summed E-state index contributed by atoms with van der Waals surface area (Å²) in [6, 6.07) is 18.3. The Morgan fingerprint density at radius 1 is 0.969 bits per heavy atom. The molecule has 0 N–H and O–H groups in total. The summed E-state index contributed by atoms with van der Waals surface area (Å²) in [5.41, 5.74) is 5.85. The van der Waals surface area contributed by atoms with E-state index in [2.05, 4.69) is 37.0 Å². The van der Waals surface area contributed by atoms with Gasteiger partial charge < -0.3 is 4.57 Å². The summed E-state index contributed by atoms with van der Waals surface area (Å²) in [4.78, 5) is 18.2. The first-order chi connectivity index (χ1) is 15.4. The van der Waals surface area contributed by atoms with Gasteiger partial charge in [0.05, 0.1) is 18.4 Å². The van der Waals surface area contributed by atoms with Crippen molar-refractivity contribution in [2.45, 2.75) is 26.9 Å². The molecule has 6 heteroatoms. The van der Waals surface area contributed by atoms with Crippen molar-refractivity contribution in [2.24, 2.45) is 0 Å². The number of hydrogen-bond donors (Lipinski definition) is 0. The summed E-state index contributed by atoms with van der Waals surface area (Å²) in [5, 5.41) is 1.23. The molecule has 0 aliphatic rings. The quantitative estimate of drug-likeness (QED) is 0.347. The van der Waals surface area contributed by atoms with Crippen molar-refractivity contribution in [3.05, 3.63) is 110 Å². The van der Waals surface area contributed by atoms with E-state index in [0.717, 1.165) is 16.6 Å². The van der Waals surface area contributed by atoms with Crippen LogP contribution in [0.2, 0.25) is 5.02 Å². The van der Waals surface area contributed by atoms with E-state index in [9.17, 15) is 9.18 Å². The van der Waals surface area contributed by atoms with E-state index in [1.807, 2.05) is 22.8 Å². The number of aromatic nitrogens is 3. The minimum atomic E-state index is -0.357. The van der Waals surface area contributed by atoms with Crippen molar-refractivity contribution >= 4 is 33.5 Å². The van der Waals surface area contributed by atoms with Crippen molar-refractivity contribution < 1.29 is 4.39 Å². The lowest BCUT2D eigenvalue weighted by Crippen LogP contribution is -2.23. The molecule has 5 aromatic rings. The third kappa shape index (κ3) is 3.49. The first kappa shape index (κ1) is 20.5. The molecule has 160 valence electrons. The van der Waals surface area contributed by atoms with Gasteiger partial charge in [-0.1, -0.05) is 48.0 Å². The van der Waals surface area contributed by atoms with Crippen LogP contribution in [-0.4, -0.2) is 14.1 Å². The highest BCUT2D eigenvalue weighted by Crippen LogP contribution is 2.28. The van der Waals surface area contributed by atoms with E-state index in [1.54, 1.807) is 16.7 Å². The van der Waals surface area contributed by atoms with Crippen LogP contribution in [0.5, 0.6) is 0 Å². The molecule has 2 heterocycles. The van der Waals surface area contributed by atoms with Gasteiger partial charge in [0.1, 0.15) is 16.9 Å². The number of hydrogen-bond acceptors (Lipinski definition) is 2. The Morgan fingerprint density at radius 3 is 2.56 bits per heavy atom. The summed E-state index contributed by atoms with van der Waals surface area (Å²) in [7, 11) is 0. The van der Waals surface area contributed by atoms with Crippen LogP contribution in [0.1, 0.15) is 22.3 Å². The van der Waals surface area contributed by atoms with E-state index < -0.39 is 0 Å². The second kappa shape index (κ2) is 7.92. The minimum Gasteiger partial charge on any atom is -0.330 e. The predicted molar refractivity (Wildman–Crippen MR) is 127 cm³/mol. The second-order valence-corrected chi connectivity index (χ2v) is 8.54. The fourth-order valence-corrected chi connectivity index (χ4v) is 4.34. The number of rotatable bonds is 4. The van der Waals surface area contributed by atoms with E-state index in [1.165, 1.54) is 29.6 Å². The van der Waals surface area contributed by atoms with E-state index >= 15 is 0 Å². The first-order valence-electron chi connectivity index (χ1n) is 10.4. The Bertz CT molecular complexity index is 1550. The fraction of sp³-hybridized carbons (Fsp3) is 0.154. The van der Waals surface area contributed by atoms with Gasteiger partial charge in [0.25, 0.3) is 5.56 Å². The molecule has 0 spiro atoms. The second-order valence-electron chi connectivity index (χ2n) is 8.13. The summed E-state index contributed by atoms with van der Waals surface area (Å²) in [6.45, 7) is 4.93. The molecule has 5 rings (SSSR count). The lowest BCUT2D eigenvalue weighted by molar-refractivity contribution is 0.629. The average Bonchev–Trinajstić information content (AvgIpc) is 3.07. The summed E-state index contributed by atoms with van der Waals surface area (Å²) < 4.78 is 17.6. The van der Waals surface area contributed by atoms with Gasteiger partial charge in [0, 0.05) is 17.0 Å². The van der Waals surface area contributed by atoms with Crippen molar-refractivity contribution in [2.75, 3.05) is 0 Å². The zero-order valence-electron chi connectivity index (χ0n) is 17.8. The molecule has 0 saturated heterocycles. The fourth-order valence-electron chi connectivity index (χ4n) is 4.14. The molecule has 4 nitrogen and oxygen atoms in total. The molecule has 0 aliphatic carbocycles. The SMILES string of the molecule is Cc1ccc(Cn2c3ccc(F)cc3c3ncn(Cc4ccccc4Cl)c(=O)c32)cc1C. The Kier molecular flexibility index (Phi) is 5.06. The van der Waals surface area contributed by atoms with Crippen LogP contribution in [0.4, 0.5) is 4.39 Å². The number of nitrogens with zero attached hydrogens (tertiary/aromatic N) is 3. The highest BCUT2D eigenvalue weighted by atomic mass is 35.5. The summed E-state index contributed by atoms with van der Waals surface area (Å²) in [5.74, 6) is -0.357.